The number of carbonyl (C=O) groups excluding carboxylic acids is 1. The lowest BCUT2D eigenvalue weighted by molar-refractivity contribution is -0.120. The molecule has 1 rings (SSSR count). The van der Waals surface area contributed by atoms with Crippen LogP contribution in [0.25, 0.3) is 0 Å². The molecule has 0 atom stereocenters. The number of amides is 1. The minimum absolute atomic E-state index is 0.0819. The van der Waals surface area contributed by atoms with E-state index < -0.39 is 33.2 Å². The Balaban J connectivity index is 2.90. The summed E-state index contributed by atoms with van der Waals surface area (Å²) in [6, 6.07) is 1.83. The lowest BCUT2D eigenvalue weighted by Crippen LogP contribution is -2.40. The van der Waals surface area contributed by atoms with Crippen molar-refractivity contribution in [3.05, 3.63) is 22.4 Å². The second-order valence-corrected chi connectivity index (χ2v) is 6.94. The predicted octanol–water partition coefficient (Wildman–Crippen LogP) is 0.973. The van der Waals surface area contributed by atoms with Crippen molar-refractivity contribution >= 4 is 37.5 Å². The highest BCUT2D eigenvalue weighted by molar-refractivity contribution is 9.10. The largest absolute Gasteiger partial charge is 0.398 e. The Morgan fingerprint density at radius 1 is 1.45 bits per heavy atom. The van der Waals surface area contributed by atoms with Crippen LogP contribution in [-0.4, -0.2) is 26.9 Å². The lowest BCUT2D eigenvalue weighted by Gasteiger charge is -2.11. The van der Waals surface area contributed by atoms with Crippen molar-refractivity contribution in [2.45, 2.75) is 24.8 Å². The number of anilines is 1. The molecule has 112 valence electrons. The molecule has 0 unspecified atom stereocenters. The van der Waals surface area contributed by atoms with Crippen molar-refractivity contribution in [2.75, 3.05) is 12.3 Å². The number of nitrogens with two attached hydrogens (primary N) is 1. The van der Waals surface area contributed by atoms with Crippen molar-refractivity contribution < 1.29 is 17.6 Å². The molecule has 1 aromatic carbocycles. The molecule has 20 heavy (non-hydrogen) atoms. The summed E-state index contributed by atoms with van der Waals surface area (Å²) in [6.45, 7) is 3.00. The fraction of sp³-hybridized carbons (Fsp3) is 0.364. The van der Waals surface area contributed by atoms with Gasteiger partial charge in [0.2, 0.25) is 15.9 Å². The van der Waals surface area contributed by atoms with E-state index in [0.717, 1.165) is 12.1 Å². The zero-order chi connectivity index (χ0) is 15.5. The van der Waals surface area contributed by atoms with Crippen LogP contribution in [0.1, 0.15) is 13.8 Å². The second kappa shape index (κ2) is 6.51. The smallest absolute Gasteiger partial charge is 0.244 e. The third kappa shape index (κ3) is 4.43. The maximum absolute atomic E-state index is 13.7. The molecule has 0 aliphatic rings. The first kappa shape index (κ1) is 16.9. The van der Waals surface area contributed by atoms with Crippen molar-refractivity contribution in [3.8, 4) is 0 Å². The minimum atomic E-state index is -4.15. The van der Waals surface area contributed by atoms with Crippen LogP contribution in [0.3, 0.4) is 0 Å². The molecule has 1 aromatic rings. The number of hydrogen-bond acceptors (Lipinski definition) is 4. The molecule has 0 heterocycles. The van der Waals surface area contributed by atoms with Gasteiger partial charge in [-0.15, -0.1) is 0 Å². The number of benzene rings is 1. The number of sulfonamides is 1. The average Bonchev–Trinajstić information content (AvgIpc) is 2.30. The maximum atomic E-state index is 13.7. The molecular weight excluding hydrogens is 353 g/mol. The van der Waals surface area contributed by atoms with Crippen LogP contribution < -0.4 is 15.8 Å². The summed E-state index contributed by atoms with van der Waals surface area (Å²) in [7, 11) is -4.15. The Bertz CT molecular complexity index is 620. The number of nitrogen functional groups attached to an aromatic ring is 1. The molecule has 0 saturated carbocycles. The van der Waals surface area contributed by atoms with Crippen molar-refractivity contribution in [3.63, 3.8) is 0 Å². The summed E-state index contributed by atoms with van der Waals surface area (Å²) < 4.78 is 39.7. The topological polar surface area (TPSA) is 101 Å². The summed E-state index contributed by atoms with van der Waals surface area (Å²) in [4.78, 5) is 10.8. The third-order valence-corrected chi connectivity index (χ3v) is 4.32. The Morgan fingerprint density at radius 2 is 2.05 bits per heavy atom. The van der Waals surface area contributed by atoms with Gasteiger partial charge in [-0.25, -0.2) is 17.5 Å². The van der Waals surface area contributed by atoms with E-state index in [0.29, 0.717) is 0 Å². The van der Waals surface area contributed by atoms with Crippen molar-refractivity contribution in [1.29, 1.82) is 0 Å². The van der Waals surface area contributed by atoms with Crippen LogP contribution in [0.4, 0.5) is 10.1 Å². The molecule has 1 amide bonds. The van der Waals surface area contributed by atoms with Gasteiger partial charge in [-0.05, 0) is 41.9 Å². The zero-order valence-corrected chi connectivity index (χ0v) is 13.3. The highest BCUT2D eigenvalue weighted by Gasteiger charge is 2.21. The average molecular weight is 368 g/mol. The number of nitrogens with one attached hydrogen (secondary N) is 2. The Labute approximate surface area is 125 Å². The van der Waals surface area contributed by atoms with E-state index in [1.165, 1.54) is 0 Å². The first-order valence-corrected chi connectivity index (χ1v) is 7.94. The second-order valence-electron chi connectivity index (χ2n) is 4.35. The van der Waals surface area contributed by atoms with Gasteiger partial charge in [0.25, 0.3) is 0 Å². The monoisotopic (exact) mass is 367 g/mol. The Kier molecular flexibility index (Phi) is 5.49. The Hall–Kier alpha value is -1.19. The van der Waals surface area contributed by atoms with Crippen molar-refractivity contribution in [1.82, 2.24) is 10.0 Å². The van der Waals surface area contributed by atoms with Crippen molar-refractivity contribution in [2.24, 2.45) is 0 Å². The normalized spacial score (nSPS) is 11.7. The van der Waals surface area contributed by atoms with Crippen LogP contribution in [0, 0.1) is 5.82 Å². The van der Waals surface area contributed by atoms with Gasteiger partial charge in [-0.1, -0.05) is 0 Å². The molecule has 0 aromatic heterocycles. The molecule has 0 bridgehead atoms. The maximum Gasteiger partial charge on any atom is 0.244 e. The summed E-state index contributed by atoms with van der Waals surface area (Å²) in [6.07, 6.45) is 0. The van der Waals surface area contributed by atoms with E-state index in [1.807, 2.05) is 4.72 Å². The van der Waals surface area contributed by atoms with Crippen LogP contribution in [0.15, 0.2) is 21.5 Å². The molecule has 0 spiro atoms. The molecule has 9 heteroatoms. The van der Waals surface area contributed by atoms with Gasteiger partial charge >= 0.3 is 0 Å². The SMILES string of the molecule is CC(C)NC(=O)CNS(=O)(=O)c1cc(N)c(Br)cc1F. The number of rotatable bonds is 5. The molecular formula is C11H15BrFN3O3S. The summed E-state index contributed by atoms with van der Waals surface area (Å²) >= 11 is 2.99. The van der Waals surface area contributed by atoms with E-state index in [1.54, 1.807) is 13.8 Å². The fourth-order valence-electron chi connectivity index (χ4n) is 1.36. The predicted molar refractivity (Wildman–Crippen MR) is 77.0 cm³/mol. The molecule has 0 saturated heterocycles. The summed E-state index contributed by atoms with van der Waals surface area (Å²) in [5.41, 5.74) is 5.60. The van der Waals surface area contributed by atoms with Gasteiger partial charge in [0.05, 0.1) is 6.54 Å². The highest BCUT2D eigenvalue weighted by atomic mass is 79.9. The number of hydrogen-bond donors (Lipinski definition) is 3. The third-order valence-electron chi connectivity index (χ3n) is 2.21. The van der Waals surface area contributed by atoms with Gasteiger partial charge < -0.3 is 11.1 Å². The van der Waals surface area contributed by atoms with E-state index in [2.05, 4.69) is 21.2 Å². The van der Waals surface area contributed by atoms with Crippen LogP contribution in [0.2, 0.25) is 0 Å². The standard InChI is InChI=1S/C11H15BrFN3O3S/c1-6(2)16-11(17)5-15-20(18,19)10-4-9(14)7(12)3-8(10)13/h3-4,6,15H,5,14H2,1-2H3,(H,16,17). The molecule has 6 nitrogen and oxygen atoms in total. The van der Waals surface area contributed by atoms with E-state index in [9.17, 15) is 17.6 Å². The quantitative estimate of drug-likeness (QED) is 0.675. The lowest BCUT2D eigenvalue weighted by atomic mass is 10.3. The van der Waals surface area contributed by atoms with E-state index >= 15 is 0 Å². The van der Waals surface area contributed by atoms with Crippen LogP contribution >= 0.6 is 15.9 Å². The molecule has 0 aliphatic carbocycles. The van der Waals surface area contributed by atoms with E-state index in [4.69, 9.17) is 5.73 Å². The fourth-order valence-corrected chi connectivity index (χ4v) is 2.75. The molecule has 0 fully saturated rings. The van der Waals surface area contributed by atoms with Gasteiger partial charge in [0, 0.05) is 16.2 Å². The van der Waals surface area contributed by atoms with Gasteiger partial charge in [0.15, 0.2) is 0 Å². The molecule has 0 radical (unpaired) electrons. The van der Waals surface area contributed by atoms with Crippen LogP contribution in [-0.2, 0) is 14.8 Å². The van der Waals surface area contributed by atoms with Gasteiger partial charge in [-0.3, -0.25) is 4.79 Å². The highest BCUT2D eigenvalue weighted by Crippen LogP contribution is 2.25. The number of halogens is 2. The summed E-state index contributed by atoms with van der Waals surface area (Å²) in [5.74, 6) is -1.46. The molecule has 0 aliphatic heterocycles. The van der Waals surface area contributed by atoms with Gasteiger partial charge in [0.1, 0.15) is 10.7 Å². The van der Waals surface area contributed by atoms with E-state index in [-0.39, 0.29) is 16.2 Å². The minimum Gasteiger partial charge on any atom is -0.398 e. The summed E-state index contributed by atoms with van der Waals surface area (Å²) in [5, 5.41) is 2.51. The zero-order valence-electron chi connectivity index (χ0n) is 10.9. The van der Waals surface area contributed by atoms with Crippen LogP contribution in [0.5, 0.6) is 0 Å². The molecule has 4 N–H and O–H groups in total. The first-order chi connectivity index (χ1) is 9.13. The van der Waals surface area contributed by atoms with Gasteiger partial charge in [-0.2, -0.15) is 0 Å². The number of carbonyl (C=O) groups is 1. The Morgan fingerprint density at radius 3 is 2.60 bits per heavy atom. The first-order valence-electron chi connectivity index (χ1n) is 5.67.